The lowest BCUT2D eigenvalue weighted by Gasteiger charge is -2.18. The van der Waals surface area contributed by atoms with Crippen LogP contribution in [0.2, 0.25) is 5.02 Å². The van der Waals surface area contributed by atoms with E-state index >= 15 is 0 Å². The minimum absolute atomic E-state index is 0.201. The zero-order chi connectivity index (χ0) is 17.2. The zero-order valence-electron chi connectivity index (χ0n) is 13.1. The van der Waals surface area contributed by atoms with Gasteiger partial charge in [-0.05, 0) is 42.5 Å². The van der Waals surface area contributed by atoms with E-state index in [9.17, 15) is 4.79 Å². The molecule has 3 aromatic rings. The first-order chi connectivity index (χ1) is 12.2. The van der Waals surface area contributed by atoms with Crippen LogP contribution in [-0.2, 0) is 4.79 Å². The van der Waals surface area contributed by atoms with Crippen LogP contribution in [-0.4, -0.2) is 22.7 Å². The molecule has 0 spiro atoms. The Balaban J connectivity index is 1.56. The van der Waals surface area contributed by atoms with Crippen LogP contribution >= 0.6 is 11.6 Å². The second kappa shape index (κ2) is 6.45. The molecule has 2 N–H and O–H groups in total. The fourth-order valence-electron chi connectivity index (χ4n) is 2.67. The topological polar surface area (TPSA) is 67.0 Å². The van der Waals surface area contributed by atoms with E-state index in [-0.39, 0.29) is 12.5 Å². The number of nitrogens with zero attached hydrogens (tertiary/aromatic N) is 1. The second-order valence-electron chi connectivity index (χ2n) is 5.65. The molecular formula is C19H14ClN3O2. The standard InChI is InChI=1S/C19H14ClN3O2/c20-15-4-5-18-13(9-15)8-14(11-25-18)19(24)22-16-3-1-2-12(10-16)17-6-7-21-23-17/h1-10H,11H2,(H,21,23)(H,22,24). The van der Waals surface area contributed by atoms with Gasteiger partial charge in [0, 0.05) is 28.0 Å². The number of H-pyrrole nitrogens is 1. The van der Waals surface area contributed by atoms with Crippen molar-refractivity contribution < 1.29 is 9.53 Å². The SMILES string of the molecule is O=C(Nc1cccc(-c2ccn[nH]2)c1)C1=Cc2cc(Cl)ccc2OC1. The van der Waals surface area contributed by atoms with Crippen molar-refractivity contribution in [1.29, 1.82) is 0 Å². The molecule has 1 amide bonds. The van der Waals surface area contributed by atoms with Gasteiger partial charge in [-0.3, -0.25) is 9.89 Å². The molecule has 2 heterocycles. The second-order valence-corrected chi connectivity index (χ2v) is 6.08. The van der Waals surface area contributed by atoms with Gasteiger partial charge in [-0.15, -0.1) is 0 Å². The van der Waals surface area contributed by atoms with Gasteiger partial charge in [0.25, 0.3) is 5.91 Å². The average Bonchev–Trinajstić information content (AvgIpc) is 3.16. The van der Waals surface area contributed by atoms with E-state index < -0.39 is 0 Å². The quantitative estimate of drug-likeness (QED) is 0.745. The van der Waals surface area contributed by atoms with Crippen molar-refractivity contribution in [2.24, 2.45) is 0 Å². The van der Waals surface area contributed by atoms with E-state index in [0.29, 0.717) is 16.3 Å². The number of hydrogen-bond donors (Lipinski definition) is 2. The zero-order valence-corrected chi connectivity index (χ0v) is 13.9. The summed E-state index contributed by atoms with van der Waals surface area (Å²) in [6.07, 6.45) is 3.49. The number of fused-ring (bicyclic) bond motifs is 1. The highest BCUT2D eigenvalue weighted by Gasteiger charge is 2.17. The Morgan fingerprint density at radius 3 is 2.96 bits per heavy atom. The Morgan fingerprint density at radius 1 is 1.20 bits per heavy atom. The lowest BCUT2D eigenvalue weighted by molar-refractivity contribution is -0.113. The number of anilines is 1. The third-order valence-corrected chi connectivity index (χ3v) is 4.14. The van der Waals surface area contributed by atoms with Crippen LogP contribution in [0.5, 0.6) is 5.75 Å². The molecule has 0 saturated heterocycles. The maximum absolute atomic E-state index is 12.5. The average molecular weight is 352 g/mol. The third-order valence-electron chi connectivity index (χ3n) is 3.91. The number of aromatic amines is 1. The van der Waals surface area contributed by atoms with Gasteiger partial charge in [-0.1, -0.05) is 23.7 Å². The van der Waals surface area contributed by atoms with Crippen LogP contribution < -0.4 is 10.1 Å². The summed E-state index contributed by atoms with van der Waals surface area (Å²) in [4.78, 5) is 12.5. The number of nitrogens with one attached hydrogen (secondary N) is 2. The molecule has 0 saturated carbocycles. The van der Waals surface area contributed by atoms with Gasteiger partial charge in [-0.2, -0.15) is 5.10 Å². The van der Waals surface area contributed by atoms with E-state index in [2.05, 4.69) is 15.5 Å². The highest BCUT2D eigenvalue weighted by molar-refractivity contribution is 6.30. The molecule has 2 aromatic carbocycles. The molecule has 0 unspecified atom stereocenters. The van der Waals surface area contributed by atoms with Crippen molar-refractivity contribution in [2.75, 3.05) is 11.9 Å². The van der Waals surface area contributed by atoms with Crippen molar-refractivity contribution in [3.63, 3.8) is 0 Å². The summed E-state index contributed by atoms with van der Waals surface area (Å²) in [5.74, 6) is 0.523. The minimum atomic E-state index is -0.201. The smallest absolute Gasteiger partial charge is 0.255 e. The van der Waals surface area contributed by atoms with Crippen molar-refractivity contribution in [2.45, 2.75) is 0 Å². The van der Waals surface area contributed by atoms with Crippen LogP contribution in [0.1, 0.15) is 5.56 Å². The van der Waals surface area contributed by atoms with Gasteiger partial charge in [0.05, 0.1) is 11.3 Å². The first kappa shape index (κ1) is 15.5. The van der Waals surface area contributed by atoms with Crippen molar-refractivity contribution >= 4 is 29.3 Å². The largest absolute Gasteiger partial charge is 0.488 e. The van der Waals surface area contributed by atoms with Crippen LogP contribution in [0.4, 0.5) is 5.69 Å². The highest BCUT2D eigenvalue weighted by atomic mass is 35.5. The summed E-state index contributed by atoms with van der Waals surface area (Å²) in [7, 11) is 0. The molecule has 1 aliphatic rings. The summed E-state index contributed by atoms with van der Waals surface area (Å²) in [6, 6.07) is 14.8. The third kappa shape index (κ3) is 3.27. The van der Waals surface area contributed by atoms with E-state index in [0.717, 1.165) is 22.6 Å². The van der Waals surface area contributed by atoms with E-state index in [1.54, 1.807) is 30.5 Å². The van der Waals surface area contributed by atoms with Gasteiger partial charge in [0.2, 0.25) is 0 Å². The van der Waals surface area contributed by atoms with Crippen LogP contribution in [0.15, 0.2) is 60.3 Å². The fraction of sp³-hybridized carbons (Fsp3) is 0.0526. The Kier molecular flexibility index (Phi) is 3.99. The predicted molar refractivity (Wildman–Crippen MR) is 97.6 cm³/mol. The highest BCUT2D eigenvalue weighted by Crippen LogP contribution is 2.29. The van der Waals surface area contributed by atoms with Crippen molar-refractivity contribution in [1.82, 2.24) is 10.2 Å². The number of carbonyl (C=O) groups excluding carboxylic acids is 1. The molecule has 0 atom stereocenters. The molecule has 0 bridgehead atoms. The lowest BCUT2D eigenvalue weighted by Crippen LogP contribution is -2.21. The van der Waals surface area contributed by atoms with Gasteiger partial charge in [0.1, 0.15) is 12.4 Å². The van der Waals surface area contributed by atoms with Gasteiger partial charge in [0.15, 0.2) is 0 Å². The first-order valence-electron chi connectivity index (χ1n) is 7.73. The summed E-state index contributed by atoms with van der Waals surface area (Å²) < 4.78 is 5.63. The monoisotopic (exact) mass is 351 g/mol. The fourth-order valence-corrected chi connectivity index (χ4v) is 2.85. The van der Waals surface area contributed by atoms with Gasteiger partial charge in [-0.25, -0.2) is 0 Å². The Morgan fingerprint density at radius 2 is 2.12 bits per heavy atom. The van der Waals surface area contributed by atoms with Gasteiger partial charge >= 0.3 is 0 Å². The number of hydrogen-bond acceptors (Lipinski definition) is 3. The number of aromatic nitrogens is 2. The van der Waals surface area contributed by atoms with Crippen molar-refractivity contribution in [3.8, 4) is 17.0 Å². The maximum Gasteiger partial charge on any atom is 0.255 e. The molecule has 124 valence electrons. The number of benzene rings is 2. The summed E-state index contributed by atoms with van der Waals surface area (Å²) in [5, 5.41) is 10.4. The summed E-state index contributed by atoms with van der Waals surface area (Å²) >= 11 is 6.01. The number of carbonyl (C=O) groups is 1. The first-order valence-corrected chi connectivity index (χ1v) is 8.11. The number of amides is 1. The molecule has 4 rings (SSSR count). The molecule has 25 heavy (non-hydrogen) atoms. The lowest BCUT2D eigenvalue weighted by atomic mass is 10.1. The summed E-state index contributed by atoms with van der Waals surface area (Å²) in [5.41, 5.74) is 3.88. The minimum Gasteiger partial charge on any atom is -0.488 e. The number of halogens is 1. The molecule has 5 nitrogen and oxygen atoms in total. The Hall–Kier alpha value is -3.05. The molecule has 0 radical (unpaired) electrons. The molecule has 1 aromatic heterocycles. The molecule has 6 heteroatoms. The molecule has 0 aliphatic carbocycles. The molecular weight excluding hydrogens is 338 g/mol. The Labute approximate surface area is 149 Å². The normalized spacial score (nSPS) is 12.8. The van der Waals surface area contributed by atoms with Crippen LogP contribution in [0.25, 0.3) is 17.3 Å². The van der Waals surface area contributed by atoms with Crippen LogP contribution in [0.3, 0.4) is 0 Å². The number of ether oxygens (including phenoxy) is 1. The van der Waals surface area contributed by atoms with E-state index in [1.807, 2.05) is 30.3 Å². The predicted octanol–water partition coefficient (Wildman–Crippen LogP) is 4.14. The van der Waals surface area contributed by atoms with E-state index in [1.165, 1.54) is 0 Å². The van der Waals surface area contributed by atoms with Crippen LogP contribution in [0, 0.1) is 0 Å². The molecule has 0 fully saturated rings. The van der Waals surface area contributed by atoms with Gasteiger partial charge < -0.3 is 10.1 Å². The summed E-state index contributed by atoms with van der Waals surface area (Å²) in [6.45, 7) is 0.223. The Bertz CT molecular complexity index is 965. The van der Waals surface area contributed by atoms with E-state index in [4.69, 9.17) is 16.3 Å². The molecule has 1 aliphatic heterocycles. The van der Waals surface area contributed by atoms with Crippen molar-refractivity contribution in [3.05, 3.63) is 70.9 Å². The number of rotatable bonds is 3. The maximum atomic E-state index is 12.5.